The van der Waals surface area contributed by atoms with Crippen molar-refractivity contribution in [1.29, 1.82) is 0 Å². The van der Waals surface area contributed by atoms with E-state index in [-0.39, 0.29) is 18.0 Å². The van der Waals surface area contributed by atoms with Gasteiger partial charge in [0, 0.05) is 19.5 Å². The van der Waals surface area contributed by atoms with Crippen molar-refractivity contribution in [3.05, 3.63) is 29.8 Å². The monoisotopic (exact) mass is 303 g/mol. The summed E-state index contributed by atoms with van der Waals surface area (Å²) in [5, 5.41) is 0. The number of rotatable bonds is 4. The molecule has 1 fully saturated rings. The summed E-state index contributed by atoms with van der Waals surface area (Å²) in [7, 11) is 1.91. The maximum absolute atomic E-state index is 12.1. The van der Waals surface area contributed by atoms with E-state index in [1.54, 1.807) is 0 Å². The number of nitrogens with zero attached hydrogens (tertiary/aromatic N) is 1. The molecule has 4 nitrogen and oxygen atoms in total. The molecule has 21 heavy (non-hydrogen) atoms. The summed E-state index contributed by atoms with van der Waals surface area (Å²) in [6.45, 7) is 1.83. The Morgan fingerprint density at radius 2 is 2.05 bits per heavy atom. The molecule has 0 spiro atoms. The van der Waals surface area contributed by atoms with Gasteiger partial charge in [0.15, 0.2) is 5.78 Å². The molecule has 1 saturated heterocycles. The van der Waals surface area contributed by atoms with Crippen LogP contribution in [0, 0.1) is 0 Å². The van der Waals surface area contributed by atoms with Crippen LogP contribution in [0.4, 0.5) is 13.2 Å². The molecular weight excluding hydrogens is 287 g/mol. The lowest BCUT2D eigenvalue weighted by Gasteiger charge is -2.29. The van der Waals surface area contributed by atoms with E-state index < -0.39 is 12.5 Å². The summed E-state index contributed by atoms with van der Waals surface area (Å²) in [4.78, 5) is 14.1. The van der Waals surface area contributed by atoms with Gasteiger partial charge >= 0.3 is 6.36 Å². The molecule has 7 heteroatoms. The first-order valence-electron chi connectivity index (χ1n) is 6.51. The first kappa shape index (κ1) is 15.8. The zero-order valence-corrected chi connectivity index (χ0v) is 11.5. The highest BCUT2D eigenvalue weighted by molar-refractivity contribution is 5.85. The molecule has 1 aromatic carbocycles. The van der Waals surface area contributed by atoms with Crippen molar-refractivity contribution in [2.45, 2.75) is 18.9 Å². The van der Waals surface area contributed by atoms with Gasteiger partial charge in [0.1, 0.15) is 11.9 Å². The number of hydrogen-bond acceptors (Lipinski definition) is 4. The van der Waals surface area contributed by atoms with Crippen LogP contribution in [0.25, 0.3) is 0 Å². The van der Waals surface area contributed by atoms with Crippen molar-refractivity contribution in [3.63, 3.8) is 0 Å². The van der Waals surface area contributed by atoms with E-state index in [1.165, 1.54) is 24.3 Å². The van der Waals surface area contributed by atoms with E-state index in [0.29, 0.717) is 18.7 Å². The number of carbonyl (C=O) groups is 1. The molecule has 0 radical (unpaired) electrons. The number of halogens is 3. The average Bonchev–Trinajstić information content (AvgIpc) is 2.39. The van der Waals surface area contributed by atoms with Gasteiger partial charge in [-0.15, -0.1) is 13.2 Å². The minimum Gasteiger partial charge on any atom is -0.406 e. The van der Waals surface area contributed by atoms with Crippen molar-refractivity contribution < 1.29 is 27.4 Å². The second-order valence-electron chi connectivity index (χ2n) is 4.96. The minimum absolute atomic E-state index is 0.0777. The van der Waals surface area contributed by atoms with Crippen LogP contribution in [0.3, 0.4) is 0 Å². The zero-order valence-electron chi connectivity index (χ0n) is 11.5. The molecule has 1 aromatic rings. The van der Waals surface area contributed by atoms with Crippen molar-refractivity contribution in [3.8, 4) is 5.75 Å². The van der Waals surface area contributed by atoms with Crippen LogP contribution < -0.4 is 4.74 Å². The molecule has 116 valence electrons. The number of hydrogen-bond donors (Lipinski definition) is 0. The van der Waals surface area contributed by atoms with E-state index in [1.807, 2.05) is 11.9 Å². The number of Topliss-reactive ketones (excluding diaryl/α,β-unsaturated/α-hetero) is 1. The SMILES string of the molecule is CN1CCOC(C(=O)Cc2ccc(OC(F)(F)F)cc2)C1. The Labute approximate surface area is 120 Å². The van der Waals surface area contributed by atoms with E-state index in [9.17, 15) is 18.0 Å². The molecule has 1 atom stereocenters. The highest BCUT2D eigenvalue weighted by atomic mass is 19.4. The predicted octanol–water partition coefficient (Wildman–Crippen LogP) is 2.03. The third kappa shape index (κ3) is 5.02. The molecular formula is C14H16F3NO3. The number of ketones is 1. The fourth-order valence-corrected chi connectivity index (χ4v) is 2.10. The number of likely N-dealkylation sites (N-methyl/N-ethyl adjacent to an activating group) is 1. The van der Waals surface area contributed by atoms with Crippen molar-refractivity contribution in [2.75, 3.05) is 26.7 Å². The van der Waals surface area contributed by atoms with Crippen LogP contribution in [-0.4, -0.2) is 49.9 Å². The molecule has 1 aliphatic rings. The Balaban J connectivity index is 1.92. The van der Waals surface area contributed by atoms with Crippen LogP contribution in [0.15, 0.2) is 24.3 Å². The van der Waals surface area contributed by atoms with Gasteiger partial charge in [-0.3, -0.25) is 4.79 Å². The highest BCUT2D eigenvalue weighted by Crippen LogP contribution is 2.23. The molecule has 0 amide bonds. The number of carbonyl (C=O) groups excluding carboxylic acids is 1. The molecule has 0 aliphatic carbocycles. The predicted molar refractivity (Wildman–Crippen MR) is 69.1 cm³/mol. The molecule has 1 unspecified atom stereocenters. The van der Waals surface area contributed by atoms with Crippen LogP contribution in [0.1, 0.15) is 5.56 Å². The minimum atomic E-state index is -4.71. The Hall–Kier alpha value is -1.60. The van der Waals surface area contributed by atoms with E-state index in [2.05, 4.69) is 4.74 Å². The van der Waals surface area contributed by atoms with Gasteiger partial charge in [-0.1, -0.05) is 12.1 Å². The van der Waals surface area contributed by atoms with E-state index >= 15 is 0 Å². The molecule has 1 aliphatic heterocycles. The summed E-state index contributed by atoms with van der Waals surface area (Å²) >= 11 is 0. The molecule has 1 heterocycles. The Bertz CT molecular complexity index is 487. The van der Waals surface area contributed by atoms with Crippen molar-refractivity contribution in [2.24, 2.45) is 0 Å². The molecule has 2 rings (SSSR count). The smallest absolute Gasteiger partial charge is 0.406 e. The third-order valence-electron chi connectivity index (χ3n) is 3.16. The average molecular weight is 303 g/mol. The summed E-state index contributed by atoms with van der Waals surface area (Å²) in [5.41, 5.74) is 0.631. The fraction of sp³-hybridized carbons (Fsp3) is 0.500. The number of benzene rings is 1. The summed E-state index contributed by atoms with van der Waals surface area (Å²) in [6, 6.07) is 5.30. The quantitative estimate of drug-likeness (QED) is 0.853. The standard InChI is InChI=1S/C14H16F3NO3/c1-18-6-7-20-13(9-18)12(19)8-10-2-4-11(5-3-10)21-14(15,16)17/h2-5,13H,6-9H2,1H3. The van der Waals surface area contributed by atoms with Gasteiger partial charge in [0.05, 0.1) is 6.61 Å². The second kappa shape index (κ2) is 6.44. The topological polar surface area (TPSA) is 38.8 Å². The summed E-state index contributed by atoms with van der Waals surface area (Å²) < 4.78 is 45.3. The maximum Gasteiger partial charge on any atom is 0.573 e. The molecule has 0 bridgehead atoms. The molecule has 0 aromatic heterocycles. The largest absolute Gasteiger partial charge is 0.573 e. The van der Waals surface area contributed by atoms with Gasteiger partial charge in [0.2, 0.25) is 0 Å². The fourth-order valence-electron chi connectivity index (χ4n) is 2.10. The first-order valence-corrected chi connectivity index (χ1v) is 6.51. The normalized spacial score (nSPS) is 20.3. The van der Waals surface area contributed by atoms with Gasteiger partial charge < -0.3 is 14.4 Å². The van der Waals surface area contributed by atoms with Crippen LogP contribution in [0.2, 0.25) is 0 Å². The number of alkyl halides is 3. The maximum atomic E-state index is 12.1. The van der Waals surface area contributed by atoms with Crippen molar-refractivity contribution >= 4 is 5.78 Å². The Morgan fingerprint density at radius 1 is 1.38 bits per heavy atom. The second-order valence-corrected chi connectivity index (χ2v) is 4.96. The highest BCUT2D eigenvalue weighted by Gasteiger charge is 2.31. The lowest BCUT2D eigenvalue weighted by Crippen LogP contribution is -2.44. The van der Waals surface area contributed by atoms with E-state index in [4.69, 9.17) is 4.74 Å². The van der Waals surface area contributed by atoms with Gasteiger partial charge in [-0.05, 0) is 24.7 Å². The van der Waals surface area contributed by atoms with Crippen LogP contribution in [0.5, 0.6) is 5.75 Å². The van der Waals surface area contributed by atoms with E-state index in [0.717, 1.165) is 6.54 Å². The molecule has 0 saturated carbocycles. The molecule has 0 N–H and O–H groups in total. The van der Waals surface area contributed by atoms with Gasteiger partial charge in [0.25, 0.3) is 0 Å². The van der Waals surface area contributed by atoms with Crippen molar-refractivity contribution in [1.82, 2.24) is 4.90 Å². The lowest BCUT2D eigenvalue weighted by atomic mass is 10.0. The zero-order chi connectivity index (χ0) is 15.5. The van der Waals surface area contributed by atoms with Crippen LogP contribution in [-0.2, 0) is 16.0 Å². The number of ether oxygens (including phenoxy) is 2. The Morgan fingerprint density at radius 3 is 2.62 bits per heavy atom. The van der Waals surface area contributed by atoms with Gasteiger partial charge in [-0.2, -0.15) is 0 Å². The first-order chi connectivity index (χ1) is 9.83. The summed E-state index contributed by atoms with van der Waals surface area (Å²) in [5.74, 6) is -0.376. The third-order valence-corrected chi connectivity index (χ3v) is 3.16. The Kier molecular flexibility index (Phi) is 4.84. The van der Waals surface area contributed by atoms with Gasteiger partial charge in [-0.25, -0.2) is 0 Å². The van der Waals surface area contributed by atoms with Crippen LogP contribution >= 0.6 is 0 Å². The summed E-state index contributed by atoms with van der Waals surface area (Å²) in [6.07, 6.45) is -5.06. The lowest BCUT2D eigenvalue weighted by molar-refractivity contribution is -0.274. The number of morpholine rings is 1.